The molecule has 2 aromatic heterocycles. The molecule has 14 heteroatoms. The number of methoxy groups -OCH3 is 1. The minimum absolute atomic E-state index is 0.0127. The number of nitriles is 1. The molecule has 0 fully saturated rings. The number of nitrogens with one attached hydrogen (secondary N) is 2. The normalized spacial score (nSPS) is 12.3. The first kappa shape index (κ1) is 22.7. The summed E-state index contributed by atoms with van der Waals surface area (Å²) in [7, 11) is -2.81. The van der Waals surface area contributed by atoms with Crippen molar-refractivity contribution >= 4 is 44.8 Å². The van der Waals surface area contributed by atoms with Crippen LogP contribution in [0.3, 0.4) is 0 Å². The van der Waals surface area contributed by atoms with Gasteiger partial charge in [0.25, 0.3) is 21.8 Å². The number of nitrogens with zero attached hydrogens (tertiary/aromatic N) is 2. The third kappa shape index (κ3) is 4.15. The number of carbonyl (C=O) groups is 1. The Hall–Kier alpha value is -3.47. The predicted octanol–water partition coefficient (Wildman–Crippen LogP) is 3.04. The van der Waals surface area contributed by atoms with Gasteiger partial charge in [-0.3, -0.25) is 4.79 Å². The van der Waals surface area contributed by atoms with Gasteiger partial charge in [0.2, 0.25) is 12.5 Å². The number of benzene rings is 1. The molecular weight excluding hydrogens is 496 g/mol. The van der Waals surface area contributed by atoms with Gasteiger partial charge in [-0.1, -0.05) is 16.8 Å². The van der Waals surface area contributed by atoms with Crippen LogP contribution in [0.25, 0.3) is 0 Å². The smallest absolute Gasteiger partial charge is 0.265 e. The number of halogens is 1. The third-order valence-electron chi connectivity index (χ3n) is 4.62. The van der Waals surface area contributed by atoms with Gasteiger partial charge in [0, 0.05) is 18.2 Å². The number of fused-ring (bicyclic) bond motifs is 1. The highest BCUT2D eigenvalue weighted by atomic mass is 35.5. The van der Waals surface area contributed by atoms with Crippen molar-refractivity contribution in [3.05, 3.63) is 44.2 Å². The van der Waals surface area contributed by atoms with Gasteiger partial charge >= 0.3 is 0 Å². The van der Waals surface area contributed by atoms with Crippen molar-refractivity contribution in [1.82, 2.24) is 10.5 Å². The van der Waals surface area contributed by atoms with E-state index in [2.05, 4.69) is 15.2 Å². The Kier molecular flexibility index (Phi) is 6.07. The summed E-state index contributed by atoms with van der Waals surface area (Å²) in [6.07, 6.45) is 0. The van der Waals surface area contributed by atoms with Gasteiger partial charge < -0.3 is 24.1 Å². The first-order valence-electron chi connectivity index (χ1n) is 9.16. The van der Waals surface area contributed by atoms with Crippen molar-refractivity contribution < 1.29 is 31.9 Å². The lowest BCUT2D eigenvalue weighted by Gasteiger charge is -2.14. The molecule has 1 aliphatic rings. The summed E-state index contributed by atoms with van der Waals surface area (Å²) in [5.41, 5.74) is 0.886. The van der Waals surface area contributed by atoms with Crippen molar-refractivity contribution in [2.45, 2.75) is 18.4 Å². The number of aromatic nitrogens is 1. The molecule has 0 aliphatic carbocycles. The van der Waals surface area contributed by atoms with Crippen LogP contribution in [0.4, 0.5) is 5.88 Å². The Labute approximate surface area is 196 Å². The summed E-state index contributed by atoms with van der Waals surface area (Å²) in [5.74, 6) is 0.00302. The standard InChI is InChI=1S/C19H15ClN4O7S2/c1-9-14(20)19(31-23-9)24-33(26,27)13-3-4-32-17(13)18(25)22-7-11-10(6-21)5-12-16(15(11)28-2)30-8-29-12/h3-5,24H,7-8H2,1-2H3,(H,22,25). The second kappa shape index (κ2) is 8.81. The lowest BCUT2D eigenvalue weighted by molar-refractivity contribution is 0.0951. The average Bonchev–Trinajstić information content (AvgIpc) is 3.53. The highest BCUT2D eigenvalue weighted by molar-refractivity contribution is 7.93. The van der Waals surface area contributed by atoms with Crippen molar-refractivity contribution in [1.29, 1.82) is 5.26 Å². The molecule has 172 valence electrons. The van der Waals surface area contributed by atoms with Crippen LogP contribution in [0.2, 0.25) is 5.02 Å². The molecule has 0 saturated heterocycles. The van der Waals surface area contributed by atoms with Crippen LogP contribution in [0, 0.1) is 18.3 Å². The Balaban J connectivity index is 1.58. The molecule has 2 N–H and O–H groups in total. The highest BCUT2D eigenvalue weighted by Crippen LogP contribution is 2.44. The largest absolute Gasteiger partial charge is 0.492 e. The number of rotatable bonds is 7. The predicted molar refractivity (Wildman–Crippen MR) is 116 cm³/mol. The molecule has 3 heterocycles. The fraction of sp³-hybridized carbons (Fsp3) is 0.211. The molecule has 33 heavy (non-hydrogen) atoms. The van der Waals surface area contributed by atoms with E-state index >= 15 is 0 Å². The topological polar surface area (TPSA) is 153 Å². The van der Waals surface area contributed by atoms with Crippen LogP contribution in [0.1, 0.15) is 26.5 Å². The van der Waals surface area contributed by atoms with Gasteiger partial charge in [-0.05, 0) is 18.4 Å². The Morgan fingerprint density at radius 3 is 2.88 bits per heavy atom. The van der Waals surface area contributed by atoms with E-state index in [9.17, 15) is 18.5 Å². The van der Waals surface area contributed by atoms with Crippen LogP contribution >= 0.6 is 22.9 Å². The molecule has 0 saturated carbocycles. The van der Waals surface area contributed by atoms with Gasteiger partial charge in [0.05, 0.1) is 18.7 Å². The van der Waals surface area contributed by atoms with E-state index < -0.39 is 15.9 Å². The fourth-order valence-electron chi connectivity index (χ4n) is 3.06. The van der Waals surface area contributed by atoms with Crippen molar-refractivity contribution in [2.24, 2.45) is 0 Å². The summed E-state index contributed by atoms with van der Waals surface area (Å²) < 4.78 is 48.8. The van der Waals surface area contributed by atoms with Crippen molar-refractivity contribution in [2.75, 3.05) is 18.6 Å². The molecule has 1 aromatic carbocycles. The van der Waals surface area contributed by atoms with Crippen LogP contribution < -0.4 is 24.2 Å². The maximum Gasteiger partial charge on any atom is 0.265 e. The second-order valence-electron chi connectivity index (χ2n) is 6.59. The molecule has 1 aliphatic heterocycles. The number of carbonyl (C=O) groups excluding carboxylic acids is 1. The van der Waals surface area contributed by atoms with Crippen molar-refractivity contribution in [3.8, 4) is 23.3 Å². The zero-order valence-corrected chi connectivity index (χ0v) is 19.5. The summed E-state index contributed by atoms with van der Waals surface area (Å²) in [4.78, 5) is 12.5. The number of amides is 1. The maximum atomic E-state index is 12.9. The first-order valence-corrected chi connectivity index (χ1v) is 11.9. The third-order valence-corrected chi connectivity index (χ3v) is 7.48. The molecule has 0 radical (unpaired) electrons. The molecule has 0 spiro atoms. The number of aryl methyl sites for hydroxylation is 1. The molecule has 1 amide bonds. The minimum atomic E-state index is -4.20. The van der Waals surface area contributed by atoms with E-state index in [1.807, 2.05) is 6.07 Å². The molecule has 4 rings (SSSR count). The fourth-order valence-corrected chi connectivity index (χ4v) is 5.58. The number of ether oxygens (including phenoxy) is 3. The first-order chi connectivity index (χ1) is 15.8. The van der Waals surface area contributed by atoms with Gasteiger partial charge in [-0.15, -0.1) is 11.3 Å². The Morgan fingerprint density at radius 1 is 1.42 bits per heavy atom. The lowest BCUT2D eigenvalue weighted by Crippen LogP contribution is -2.25. The van der Waals surface area contributed by atoms with E-state index in [-0.39, 0.29) is 45.3 Å². The summed E-state index contributed by atoms with van der Waals surface area (Å²) >= 11 is 6.90. The summed E-state index contributed by atoms with van der Waals surface area (Å²) in [5, 5.41) is 17.2. The minimum Gasteiger partial charge on any atom is -0.492 e. The summed E-state index contributed by atoms with van der Waals surface area (Å²) in [6.45, 7) is 1.40. The van der Waals surface area contributed by atoms with Gasteiger partial charge in [-0.2, -0.15) is 5.26 Å². The van der Waals surface area contributed by atoms with Gasteiger partial charge in [-0.25, -0.2) is 13.1 Å². The van der Waals surface area contributed by atoms with Crippen LogP contribution in [-0.2, 0) is 16.6 Å². The number of thiophene rings is 1. The zero-order valence-electron chi connectivity index (χ0n) is 17.1. The number of anilines is 1. The van der Waals surface area contributed by atoms with Crippen LogP contribution in [0.5, 0.6) is 17.2 Å². The molecule has 3 aromatic rings. The number of hydrogen-bond donors (Lipinski definition) is 2. The second-order valence-corrected chi connectivity index (χ2v) is 9.54. The van der Waals surface area contributed by atoms with Crippen molar-refractivity contribution in [3.63, 3.8) is 0 Å². The molecule has 0 atom stereocenters. The quantitative estimate of drug-likeness (QED) is 0.488. The lowest BCUT2D eigenvalue weighted by atomic mass is 10.1. The molecule has 11 nitrogen and oxygen atoms in total. The van der Waals surface area contributed by atoms with Crippen LogP contribution in [0.15, 0.2) is 26.9 Å². The van der Waals surface area contributed by atoms with E-state index in [0.29, 0.717) is 22.8 Å². The Morgan fingerprint density at radius 2 is 2.21 bits per heavy atom. The highest BCUT2D eigenvalue weighted by Gasteiger charge is 2.29. The monoisotopic (exact) mass is 510 g/mol. The van der Waals surface area contributed by atoms with E-state index in [4.69, 9.17) is 30.3 Å². The zero-order chi connectivity index (χ0) is 23.8. The number of hydrogen-bond acceptors (Lipinski definition) is 10. The Bertz CT molecular complexity index is 1390. The summed E-state index contributed by atoms with van der Waals surface area (Å²) in [6, 6.07) is 4.79. The van der Waals surface area contributed by atoms with E-state index in [0.717, 1.165) is 11.3 Å². The SMILES string of the molecule is COc1c(CNC(=O)c2sccc2S(=O)(=O)Nc2onc(C)c2Cl)c(C#N)cc2c1OCO2. The van der Waals surface area contributed by atoms with Gasteiger partial charge in [0.1, 0.15) is 20.5 Å². The molecule has 0 bridgehead atoms. The molecule has 0 unspecified atom stereocenters. The van der Waals surface area contributed by atoms with Gasteiger partial charge in [0.15, 0.2) is 11.5 Å². The van der Waals surface area contributed by atoms with Crippen LogP contribution in [-0.4, -0.2) is 33.4 Å². The maximum absolute atomic E-state index is 12.9. The number of sulfonamides is 1. The average molecular weight is 511 g/mol. The molecular formula is C19H15ClN4O7S2. The van der Waals surface area contributed by atoms with E-state index in [1.165, 1.54) is 24.6 Å². The van der Waals surface area contributed by atoms with E-state index in [1.54, 1.807) is 6.92 Å².